The molecule has 3 aromatic rings. The van der Waals surface area contributed by atoms with Crippen molar-refractivity contribution < 1.29 is 40.9 Å². The Hall–Kier alpha value is -3.28. The summed E-state index contributed by atoms with van der Waals surface area (Å²) in [5.41, 5.74) is -1.61. The number of hydrogen-bond donors (Lipinski definition) is 1. The van der Waals surface area contributed by atoms with Gasteiger partial charge in [0.25, 0.3) is 0 Å². The molecular formula is C19H15F6N3O3. The Morgan fingerprint density at radius 3 is 1.55 bits per heavy atom. The van der Waals surface area contributed by atoms with E-state index >= 15 is 0 Å². The number of rotatable bonds is 6. The lowest BCUT2D eigenvalue weighted by molar-refractivity contribution is -0.275. The monoisotopic (exact) mass is 447 g/mol. The molecule has 1 unspecified atom stereocenters. The van der Waals surface area contributed by atoms with E-state index in [-0.39, 0.29) is 11.1 Å². The Labute approximate surface area is 171 Å². The molecule has 0 radical (unpaired) electrons. The summed E-state index contributed by atoms with van der Waals surface area (Å²) < 4.78 is 83.5. The number of aliphatic hydroxyl groups is 1. The number of ether oxygens (including phenoxy) is 2. The van der Waals surface area contributed by atoms with Gasteiger partial charge in [0.2, 0.25) is 0 Å². The maximum Gasteiger partial charge on any atom is 0.573 e. The second kappa shape index (κ2) is 8.10. The van der Waals surface area contributed by atoms with Crippen LogP contribution in [-0.4, -0.2) is 32.6 Å². The molecule has 0 saturated carbocycles. The molecule has 0 saturated heterocycles. The molecule has 0 aliphatic heterocycles. The van der Waals surface area contributed by atoms with Crippen LogP contribution in [0.1, 0.15) is 24.1 Å². The van der Waals surface area contributed by atoms with Crippen molar-refractivity contribution in [1.29, 1.82) is 0 Å². The van der Waals surface area contributed by atoms with Gasteiger partial charge < -0.3 is 14.6 Å². The van der Waals surface area contributed by atoms with Crippen LogP contribution in [0, 0.1) is 0 Å². The van der Waals surface area contributed by atoms with E-state index in [9.17, 15) is 31.4 Å². The van der Waals surface area contributed by atoms with Crippen LogP contribution >= 0.6 is 0 Å². The molecule has 1 heterocycles. The Balaban J connectivity index is 2.02. The van der Waals surface area contributed by atoms with E-state index in [0.717, 1.165) is 24.3 Å². The molecule has 0 aliphatic carbocycles. The zero-order valence-electron chi connectivity index (χ0n) is 15.7. The molecule has 0 fully saturated rings. The van der Waals surface area contributed by atoms with Crippen LogP contribution in [0.3, 0.4) is 0 Å². The van der Waals surface area contributed by atoms with Crippen LogP contribution in [0.25, 0.3) is 0 Å². The van der Waals surface area contributed by atoms with Gasteiger partial charge >= 0.3 is 12.7 Å². The molecule has 2 aromatic carbocycles. The van der Waals surface area contributed by atoms with E-state index in [2.05, 4.69) is 19.6 Å². The third kappa shape index (κ3) is 5.26. The second-order valence-corrected chi connectivity index (χ2v) is 6.46. The topological polar surface area (TPSA) is 69.4 Å². The Morgan fingerprint density at radius 1 is 0.806 bits per heavy atom. The molecule has 12 heteroatoms. The van der Waals surface area contributed by atoms with Crippen LogP contribution in [0.5, 0.6) is 11.5 Å². The summed E-state index contributed by atoms with van der Waals surface area (Å²) in [7, 11) is 0. The first-order valence-electron chi connectivity index (χ1n) is 8.67. The maximum absolute atomic E-state index is 12.4. The fourth-order valence-corrected chi connectivity index (χ4v) is 3.08. The average molecular weight is 447 g/mol. The summed E-state index contributed by atoms with van der Waals surface area (Å²) in [5, 5.41) is 15.6. The molecule has 1 N–H and O–H groups in total. The van der Waals surface area contributed by atoms with Crippen LogP contribution in [0.4, 0.5) is 26.3 Å². The minimum Gasteiger partial charge on any atom is -0.406 e. The van der Waals surface area contributed by atoms with Crippen molar-refractivity contribution >= 4 is 0 Å². The number of alkyl halides is 6. The molecule has 6 nitrogen and oxygen atoms in total. The molecule has 0 aliphatic rings. The highest BCUT2D eigenvalue weighted by Crippen LogP contribution is 2.41. The van der Waals surface area contributed by atoms with Gasteiger partial charge in [-0.05, 0) is 42.3 Å². The fraction of sp³-hybridized carbons (Fsp3) is 0.263. The van der Waals surface area contributed by atoms with Gasteiger partial charge in [-0.3, -0.25) is 0 Å². The van der Waals surface area contributed by atoms with Gasteiger partial charge in [0.15, 0.2) is 0 Å². The van der Waals surface area contributed by atoms with E-state index in [0.29, 0.717) is 0 Å². The predicted octanol–water partition coefficient (Wildman–Crippen LogP) is 4.57. The summed E-state index contributed by atoms with van der Waals surface area (Å²) in [4.78, 5) is 3.80. The molecule has 0 bridgehead atoms. The zero-order valence-corrected chi connectivity index (χ0v) is 15.7. The van der Waals surface area contributed by atoms with Crippen LogP contribution < -0.4 is 9.47 Å². The summed E-state index contributed by atoms with van der Waals surface area (Å²) in [6.45, 7) is 1.56. The first-order valence-corrected chi connectivity index (χ1v) is 8.67. The Kier molecular flexibility index (Phi) is 5.85. The van der Waals surface area contributed by atoms with Crippen molar-refractivity contribution in [3.63, 3.8) is 0 Å². The lowest BCUT2D eigenvalue weighted by atomic mass is 9.81. The van der Waals surface area contributed by atoms with Crippen LogP contribution in [0.15, 0.2) is 61.2 Å². The summed E-state index contributed by atoms with van der Waals surface area (Å²) in [6.07, 6.45) is -7.24. The molecule has 31 heavy (non-hydrogen) atoms. The lowest BCUT2D eigenvalue weighted by Crippen LogP contribution is -2.37. The Morgan fingerprint density at radius 2 is 1.23 bits per heavy atom. The van der Waals surface area contributed by atoms with Crippen molar-refractivity contribution in [2.24, 2.45) is 0 Å². The highest BCUT2D eigenvalue weighted by molar-refractivity contribution is 5.42. The van der Waals surface area contributed by atoms with E-state index < -0.39 is 35.9 Å². The van der Waals surface area contributed by atoms with Crippen molar-refractivity contribution in [2.45, 2.75) is 31.3 Å². The quantitative estimate of drug-likeness (QED) is 0.561. The average Bonchev–Trinajstić information content (AvgIpc) is 3.20. The minimum atomic E-state index is -4.89. The molecule has 1 aromatic heterocycles. The fourth-order valence-electron chi connectivity index (χ4n) is 3.08. The number of hydrogen-bond acceptors (Lipinski definition) is 5. The van der Waals surface area contributed by atoms with Gasteiger partial charge in [-0.15, -0.1) is 26.3 Å². The highest BCUT2D eigenvalue weighted by Gasteiger charge is 2.40. The number of halogens is 6. The smallest absolute Gasteiger partial charge is 0.406 e. The standard InChI is InChI=1S/C19H15F6N3O3/c1-12(28-11-26-10-27-28)17(29,13-2-6-15(7-3-13)30-18(20,21)22)14-4-8-16(9-5-14)31-19(23,24)25/h2-12,29H,1H3. The van der Waals surface area contributed by atoms with Crippen LogP contribution in [0.2, 0.25) is 0 Å². The number of benzene rings is 2. The van der Waals surface area contributed by atoms with Gasteiger partial charge in [-0.1, -0.05) is 24.3 Å². The van der Waals surface area contributed by atoms with E-state index in [1.165, 1.54) is 41.6 Å². The number of nitrogens with zero attached hydrogens (tertiary/aromatic N) is 3. The van der Waals surface area contributed by atoms with Gasteiger partial charge in [0.05, 0.1) is 6.04 Å². The van der Waals surface area contributed by atoms with Gasteiger partial charge in [-0.25, -0.2) is 9.67 Å². The van der Waals surface area contributed by atoms with Gasteiger partial charge in [0, 0.05) is 0 Å². The minimum absolute atomic E-state index is 0.148. The van der Waals surface area contributed by atoms with E-state index in [4.69, 9.17) is 0 Å². The summed E-state index contributed by atoms with van der Waals surface area (Å²) in [6, 6.07) is 8.09. The third-order valence-corrected chi connectivity index (χ3v) is 4.49. The zero-order chi connectivity index (χ0) is 22.9. The van der Waals surface area contributed by atoms with E-state index in [1.54, 1.807) is 6.92 Å². The second-order valence-electron chi connectivity index (χ2n) is 6.46. The largest absolute Gasteiger partial charge is 0.573 e. The first kappa shape index (κ1) is 22.4. The molecule has 0 spiro atoms. The maximum atomic E-state index is 12.4. The summed E-state index contributed by atoms with van der Waals surface area (Å²) >= 11 is 0. The number of aromatic nitrogens is 3. The molecule has 166 valence electrons. The van der Waals surface area contributed by atoms with E-state index in [1.807, 2.05) is 0 Å². The molecular weight excluding hydrogens is 432 g/mol. The van der Waals surface area contributed by atoms with Crippen molar-refractivity contribution in [3.8, 4) is 11.5 Å². The predicted molar refractivity (Wildman–Crippen MR) is 94.0 cm³/mol. The first-order chi connectivity index (χ1) is 14.4. The molecule has 0 amide bonds. The summed E-state index contributed by atoms with van der Waals surface area (Å²) in [5.74, 6) is -0.998. The highest BCUT2D eigenvalue weighted by atomic mass is 19.4. The third-order valence-electron chi connectivity index (χ3n) is 4.49. The molecule has 1 atom stereocenters. The normalized spacial score (nSPS) is 13.7. The Bertz CT molecular complexity index is 927. The van der Waals surface area contributed by atoms with Gasteiger partial charge in [0.1, 0.15) is 29.8 Å². The lowest BCUT2D eigenvalue weighted by Gasteiger charge is -2.35. The van der Waals surface area contributed by atoms with Gasteiger partial charge in [-0.2, -0.15) is 5.10 Å². The van der Waals surface area contributed by atoms with Crippen molar-refractivity contribution in [3.05, 3.63) is 72.3 Å². The SMILES string of the molecule is CC(n1cncn1)C(O)(c1ccc(OC(F)(F)F)cc1)c1ccc(OC(F)(F)F)cc1. The molecule has 3 rings (SSSR count). The van der Waals surface area contributed by atoms with Crippen molar-refractivity contribution in [2.75, 3.05) is 0 Å². The van der Waals surface area contributed by atoms with Crippen molar-refractivity contribution in [1.82, 2.24) is 14.8 Å². The van der Waals surface area contributed by atoms with Crippen LogP contribution in [-0.2, 0) is 5.60 Å².